The van der Waals surface area contributed by atoms with Gasteiger partial charge in [-0.25, -0.2) is 0 Å². The largest absolute Gasteiger partial charge is 0.480 e. The molecule has 1 aromatic rings. The number of thiol groups is 1. The van der Waals surface area contributed by atoms with Gasteiger partial charge in [0, 0.05) is 0 Å². The molecule has 0 aromatic heterocycles. The summed E-state index contributed by atoms with van der Waals surface area (Å²) in [6.45, 7) is 0. The number of carboxylic acids is 1. The summed E-state index contributed by atoms with van der Waals surface area (Å²) in [6.07, 6.45) is 0.405. The average Bonchev–Trinajstić information content (AvgIpc) is 2.36. The molecule has 90 valence electrons. The molecule has 17 heavy (non-hydrogen) atoms. The SMILES string of the molecule is O=C(O)C1Cc2ccccc2[C@@H](C(=O)CS)N1. The van der Waals surface area contributed by atoms with E-state index >= 15 is 0 Å². The van der Waals surface area contributed by atoms with E-state index in [9.17, 15) is 9.59 Å². The second-order valence-electron chi connectivity index (χ2n) is 4.02. The maximum Gasteiger partial charge on any atom is 0.321 e. The zero-order valence-electron chi connectivity index (χ0n) is 9.09. The highest BCUT2D eigenvalue weighted by atomic mass is 32.1. The van der Waals surface area contributed by atoms with Crippen LogP contribution in [0.3, 0.4) is 0 Å². The number of ketones is 1. The number of carbonyl (C=O) groups is 2. The monoisotopic (exact) mass is 251 g/mol. The second kappa shape index (κ2) is 4.89. The van der Waals surface area contributed by atoms with Gasteiger partial charge in [-0.1, -0.05) is 24.3 Å². The maximum absolute atomic E-state index is 11.8. The minimum Gasteiger partial charge on any atom is -0.480 e. The average molecular weight is 251 g/mol. The lowest BCUT2D eigenvalue weighted by Crippen LogP contribution is -2.47. The van der Waals surface area contributed by atoms with E-state index in [4.69, 9.17) is 5.11 Å². The van der Waals surface area contributed by atoms with Crippen molar-refractivity contribution >= 4 is 24.4 Å². The summed E-state index contributed by atoms with van der Waals surface area (Å²) >= 11 is 3.96. The van der Waals surface area contributed by atoms with E-state index in [0.717, 1.165) is 11.1 Å². The Hall–Kier alpha value is -1.33. The first-order chi connectivity index (χ1) is 8.13. The molecule has 0 aliphatic carbocycles. The van der Waals surface area contributed by atoms with E-state index in [1.807, 2.05) is 24.3 Å². The van der Waals surface area contributed by atoms with Crippen molar-refractivity contribution < 1.29 is 14.7 Å². The zero-order chi connectivity index (χ0) is 12.4. The predicted molar refractivity (Wildman–Crippen MR) is 66.3 cm³/mol. The lowest BCUT2D eigenvalue weighted by atomic mass is 9.88. The van der Waals surface area contributed by atoms with Crippen LogP contribution in [0.4, 0.5) is 0 Å². The van der Waals surface area contributed by atoms with Crippen molar-refractivity contribution in [3.8, 4) is 0 Å². The molecular formula is C12H13NO3S. The fourth-order valence-electron chi connectivity index (χ4n) is 2.09. The number of benzene rings is 1. The van der Waals surface area contributed by atoms with Gasteiger partial charge >= 0.3 is 5.97 Å². The minimum absolute atomic E-state index is 0.0956. The van der Waals surface area contributed by atoms with Crippen LogP contribution in [-0.4, -0.2) is 28.7 Å². The van der Waals surface area contributed by atoms with Gasteiger partial charge in [-0.05, 0) is 17.5 Å². The highest BCUT2D eigenvalue weighted by Gasteiger charge is 2.33. The van der Waals surface area contributed by atoms with Gasteiger partial charge in [0.25, 0.3) is 0 Å². The first-order valence-corrected chi connectivity index (χ1v) is 5.97. The molecule has 2 rings (SSSR count). The quantitative estimate of drug-likeness (QED) is 0.696. The van der Waals surface area contributed by atoms with Crippen molar-refractivity contribution in [2.75, 3.05) is 5.75 Å². The Balaban J connectivity index is 2.39. The Bertz CT molecular complexity index is 461. The smallest absolute Gasteiger partial charge is 0.321 e. The Morgan fingerprint density at radius 1 is 1.41 bits per heavy atom. The highest BCUT2D eigenvalue weighted by Crippen LogP contribution is 2.26. The summed E-state index contributed by atoms with van der Waals surface area (Å²) in [6, 6.07) is 6.15. The minimum atomic E-state index is -0.934. The number of carboxylic acid groups (broad SMARTS) is 1. The summed E-state index contributed by atoms with van der Waals surface area (Å²) in [5, 5.41) is 11.9. The summed E-state index contributed by atoms with van der Waals surface area (Å²) in [4.78, 5) is 22.8. The third-order valence-electron chi connectivity index (χ3n) is 2.93. The standard InChI is InChI=1S/C12H13NO3S/c14-10(6-17)11-8-4-2-1-3-7(8)5-9(13-11)12(15)16/h1-4,9,11,13,17H,5-6H2,(H,15,16)/t9?,11-/m0/s1. The van der Waals surface area contributed by atoms with Crippen LogP contribution in [0.2, 0.25) is 0 Å². The number of aliphatic carboxylic acids is 1. The zero-order valence-corrected chi connectivity index (χ0v) is 9.98. The third-order valence-corrected chi connectivity index (χ3v) is 3.25. The van der Waals surface area contributed by atoms with Crippen molar-refractivity contribution in [1.82, 2.24) is 5.32 Å². The van der Waals surface area contributed by atoms with Crippen LogP contribution in [0.5, 0.6) is 0 Å². The molecule has 0 spiro atoms. The number of fused-ring (bicyclic) bond motifs is 1. The second-order valence-corrected chi connectivity index (χ2v) is 4.33. The van der Waals surface area contributed by atoms with Gasteiger partial charge in [0.2, 0.25) is 0 Å². The van der Waals surface area contributed by atoms with Gasteiger partial charge in [-0.2, -0.15) is 12.6 Å². The Morgan fingerprint density at radius 3 is 2.76 bits per heavy atom. The van der Waals surface area contributed by atoms with Crippen LogP contribution < -0.4 is 5.32 Å². The normalized spacial score (nSPS) is 22.9. The molecule has 0 bridgehead atoms. The van der Waals surface area contributed by atoms with Crippen LogP contribution in [0.1, 0.15) is 17.2 Å². The number of hydrogen-bond acceptors (Lipinski definition) is 4. The molecule has 0 amide bonds. The Morgan fingerprint density at radius 2 is 2.12 bits per heavy atom. The number of Topliss-reactive ketones (excluding diaryl/α,β-unsaturated/α-hetero) is 1. The highest BCUT2D eigenvalue weighted by molar-refractivity contribution is 7.81. The molecule has 5 heteroatoms. The van der Waals surface area contributed by atoms with E-state index in [1.54, 1.807) is 0 Å². The Labute approximate surface area is 104 Å². The van der Waals surface area contributed by atoms with Crippen molar-refractivity contribution in [3.05, 3.63) is 35.4 Å². The van der Waals surface area contributed by atoms with Gasteiger partial charge in [0.05, 0.1) is 11.8 Å². The Kier molecular flexibility index (Phi) is 3.49. The first-order valence-electron chi connectivity index (χ1n) is 5.33. The molecule has 2 N–H and O–H groups in total. The van der Waals surface area contributed by atoms with Gasteiger partial charge in [0.1, 0.15) is 6.04 Å². The molecule has 0 saturated carbocycles. The van der Waals surface area contributed by atoms with Gasteiger partial charge < -0.3 is 5.11 Å². The molecule has 1 aliphatic heterocycles. The third kappa shape index (κ3) is 2.35. The summed E-state index contributed by atoms with van der Waals surface area (Å²) in [5.41, 5.74) is 1.78. The molecule has 4 nitrogen and oxygen atoms in total. The molecule has 0 fully saturated rings. The van der Waals surface area contributed by atoms with Gasteiger partial charge in [0.15, 0.2) is 5.78 Å². The molecule has 0 radical (unpaired) electrons. The lowest BCUT2D eigenvalue weighted by molar-refractivity contribution is -0.140. The van der Waals surface area contributed by atoms with Crippen molar-refractivity contribution in [1.29, 1.82) is 0 Å². The lowest BCUT2D eigenvalue weighted by Gasteiger charge is -2.29. The van der Waals surface area contributed by atoms with Gasteiger partial charge in [-0.3, -0.25) is 14.9 Å². The molecule has 1 aliphatic rings. The number of nitrogens with one attached hydrogen (secondary N) is 1. The molecule has 2 atom stereocenters. The van der Waals surface area contributed by atoms with Crippen LogP contribution in [0.25, 0.3) is 0 Å². The fourth-order valence-corrected chi connectivity index (χ4v) is 2.27. The molecule has 1 aromatic carbocycles. The van der Waals surface area contributed by atoms with E-state index in [0.29, 0.717) is 6.42 Å². The summed E-state index contributed by atoms with van der Waals surface area (Å²) in [7, 11) is 0. The topological polar surface area (TPSA) is 66.4 Å². The summed E-state index contributed by atoms with van der Waals surface area (Å²) < 4.78 is 0. The van der Waals surface area contributed by atoms with Crippen LogP contribution >= 0.6 is 12.6 Å². The molecule has 1 heterocycles. The van der Waals surface area contributed by atoms with Crippen molar-refractivity contribution in [3.63, 3.8) is 0 Å². The van der Waals surface area contributed by atoms with Crippen LogP contribution in [0, 0.1) is 0 Å². The van der Waals surface area contributed by atoms with Gasteiger partial charge in [-0.15, -0.1) is 0 Å². The van der Waals surface area contributed by atoms with Crippen molar-refractivity contribution in [2.45, 2.75) is 18.5 Å². The van der Waals surface area contributed by atoms with Crippen molar-refractivity contribution in [2.24, 2.45) is 0 Å². The first kappa shape index (κ1) is 12.1. The van der Waals surface area contributed by atoms with E-state index < -0.39 is 18.1 Å². The van der Waals surface area contributed by atoms with E-state index in [2.05, 4.69) is 17.9 Å². The van der Waals surface area contributed by atoms with Crippen LogP contribution in [0.15, 0.2) is 24.3 Å². The van der Waals surface area contributed by atoms with Crippen LogP contribution in [-0.2, 0) is 16.0 Å². The van der Waals surface area contributed by atoms with E-state index in [-0.39, 0.29) is 11.5 Å². The number of hydrogen-bond donors (Lipinski definition) is 3. The fraction of sp³-hybridized carbons (Fsp3) is 0.333. The molecule has 0 saturated heterocycles. The predicted octanol–water partition coefficient (Wildman–Crippen LogP) is 0.825. The maximum atomic E-state index is 11.8. The van der Waals surface area contributed by atoms with E-state index in [1.165, 1.54) is 0 Å². The number of rotatable bonds is 3. The summed E-state index contributed by atoms with van der Waals surface area (Å²) in [5.74, 6) is -0.943. The molecule has 1 unspecified atom stereocenters. The number of carbonyl (C=O) groups excluding carboxylic acids is 1. The molecular weight excluding hydrogens is 238 g/mol.